The van der Waals surface area contributed by atoms with Crippen molar-refractivity contribution >= 4 is 27.7 Å². The molecule has 1 saturated carbocycles. The summed E-state index contributed by atoms with van der Waals surface area (Å²) in [5.74, 6) is -0.691. The molecule has 0 unspecified atom stereocenters. The van der Waals surface area contributed by atoms with Gasteiger partial charge in [0.05, 0.1) is 11.0 Å². The molecule has 0 N–H and O–H groups in total. The van der Waals surface area contributed by atoms with Crippen LogP contribution in [0.3, 0.4) is 0 Å². The Morgan fingerprint density at radius 2 is 1.71 bits per heavy atom. The monoisotopic (exact) mass is 359 g/mol. The van der Waals surface area contributed by atoms with Crippen LogP contribution in [0.5, 0.6) is 0 Å². The van der Waals surface area contributed by atoms with Gasteiger partial charge >= 0.3 is 0 Å². The predicted molar refractivity (Wildman–Crippen MR) is 90.5 cm³/mol. The Labute approximate surface area is 145 Å². The first-order valence-electron chi connectivity index (χ1n) is 7.30. The first-order valence-corrected chi connectivity index (χ1v) is 9.23. The van der Waals surface area contributed by atoms with E-state index in [4.69, 9.17) is 11.6 Å². The summed E-state index contributed by atoms with van der Waals surface area (Å²) >= 11 is 5.86. The van der Waals surface area contributed by atoms with Gasteiger partial charge in [-0.1, -0.05) is 41.4 Å². The van der Waals surface area contributed by atoms with Crippen molar-refractivity contribution in [2.24, 2.45) is 5.41 Å². The van der Waals surface area contributed by atoms with Crippen LogP contribution in [0.25, 0.3) is 0 Å². The SMILES string of the molecule is Cc1ccc(S(=O)(=O)[C@H]2[C@H](c3ccc(Cl)cc3)[C@]2(C#N)C=O)cc1. The lowest BCUT2D eigenvalue weighted by Crippen LogP contribution is -2.16. The lowest BCUT2D eigenvalue weighted by molar-refractivity contribution is -0.110. The van der Waals surface area contributed by atoms with Gasteiger partial charge in [0.15, 0.2) is 9.84 Å². The minimum Gasteiger partial charge on any atom is -0.302 e. The summed E-state index contributed by atoms with van der Waals surface area (Å²) in [6.45, 7) is 1.86. The molecule has 1 aliphatic rings. The normalized spacial score (nSPS) is 25.7. The molecule has 122 valence electrons. The molecular formula is C18H14ClNO3S. The van der Waals surface area contributed by atoms with Crippen LogP contribution in [-0.4, -0.2) is 20.0 Å². The Balaban J connectivity index is 2.08. The molecule has 6 heteroatoms. The molecule has 3 atom stereocenters. The third-order valence-electron chi connectivity index (χ3n) is 4.48. The summed E-state index contributed by atoms with van der Waals surface area (Å²) in [4.78, 5) is 11.7. The summed E-state index contributed by atoms with van der Waals surface area (Å²) in [6, 6.07) is 14.9. The summed E-state index contributed by atoms with van der Waals surface area (Å²) in [7, 11) is -3.81. The Morgan fingerprint density at radius 1 is 1.12 bits per heavy atom. The molecule has 4 nitrogen and oxygen atoms in total. The van der Waals surface area contributed by atoms with Gasteiger partial charge in [-0.3, -0.25) is 0 Å². The van der Waals surface area contributed by atoms with Gasteiger partial charge in [-0.2, -0.15) is 5.26 Å². The number of hydrogen-bond acceptors (Lipinski definition) is 4. The van der Waals surface area contributed by atoms with Gasteiger partial charge in [0.1, 0.15) is 17.0 Å². The third kappa shape index (κ3) is 2.43. The van der Waals surface area contributed by atoms with Crippen molar-refractivity contribution < 1.29 is 13.2 Å². The predicted octanol–water partition coefficient (Wildman–Crippen LogP) is 3.30. The van der Waals surface area contributed by atoms with Crippen molar-refractivity contribution in [3.8, 4) is 6.07 Å². The molecule has 1 fully saturated rings. The van der Waals surface area contributed by atoms with Crippen LogP contribution in [0.4, 0.5) is 0 Å². The smallest absolute Gasteiger partial charge is 0.183 e. The van der Waals surface area contributed by atoms with Crippen LogP contribution in [-0.2, 0) is 14.6 Å². The molecule has 2 aromatic rings. The topological polar surface area (TPSA) is 75.0 Å². The van der Waals surface area contributed by atoms with E-state index >= 15 is 0 Å². The lowest BCUT2D eigenvalue weighted by Gasteiger charge is -2.05. The average Bonchev–Trinajstić information content (AvgIpc) is 3.26. The first kappa shape index (κ1) is 16.7. The second-order valence-electron chi connectivity index (χ2n) is 5.97. The number of sulfone groups is 1. The van der Waals surface area contributed by atoms with Gasteiger partial charge in [0.25, 0.3) is 0 Å². The van der Waals surface area contributed by atoms with Crippen LogP contribution in [0.15, 0.2) is 53.4 Å². The van der Waals surface area contributed by atoms with Gasteiger partial charge in [-0.25, -0.2) is 8.42 Å². The number of carbonyl (C=O) groups excluding carboxylic acids is 1. The number of hydrogen-bond donors (Lipinski definition) is 0. The molecule has 0 saturated heterocycles. The molecular weight excluding hydrogens is 346 g/mol. The number of nitrogens with zero attached hydrogens (tertiary/aromatic N) is 1. The number of aldehydes is 1. The number of nitriles is 1. The van der Waals surface area contributed by atoms with Gasteiger partial charge < -0.3 is 4.79 Å². The van der Waals surface area contributed by atoms with Crippen molar-refractivity contribution in [1.29, 1.82) is 5.26 Å². The molecule has 1 aliphatic carbocycles. The molecule has 0 spiro atoms. The molecule has 0 amide bonds. The van der Waals surface area contributed by atoms with Gasteiger partial charge in [-0.05, 0) is 36.8 Å². The molecule has 0 aliphatic heterocycles. The zero-order valence-corrected chi connectivity index (χ0v) is 14.4. The van der Waals surface area contributed by atoms with Crippen LogP contribution in [0.1, 0.15) is 17.0 Å². The van der Waals surface area contributed by atoms with E-state index < -0.39 is 26.4 Å². The molecule has 2 aromatic carbocycles. The number of aryl methyl sites for hydroxylation is 1. The van der Waals surface area contributed by atoms with E-state index in [1.165, 1.54) is 12.1 Å². The molecule has 0 heterocycles. The molecule has 24 heavy (non-hydrogen) atoms. The fourth-order valence-corrected chi connectivity index (χ4v) is 5.47. The molecule has 0 aromatic heterocycles. The van der Waals surface area contributed by atoms with E-state index in [0.29, 0.717) is 16.9 Å². The Bertz CT molecular complexity index is 930. The van der Waals surface area contributed by atoms with Crippen LogP contribution in [0.2, 0.25) is 5.02 Å². The van der Waals surface area contributed by atoms with E-state index in [1.54, 1.807) is 36.4 Å². The van der Waals surface area contributed by atoms with Crippen molar-refractivity contribution in [2.75, 3.05) is 0 Å². The maximum atomic E-state index is 13.0. The molecule has 3 rings (SSSR count). The second kappa shape index (κ2) is 5.73. The van der Waals surface area contributed by atoms with Crippen LogP contribution < -0.4 is 0 Å². The van der Waals surface area contributed by atoms with Crippen molar-refractivity contribution in [3.05, 3.63) is 64.7 Å². The number of rotatable bonds is 4. The Morgan fingerprint density at radius 3 is 2.21 bits per heavy atom. The number of carbonyl (C=O) groups is 1. The largest absolute Gasteiger partial charge is 0.302 e. The maximum absolute atomic E-state index is 13.0. The van der Waals surface area contributed by atoms with Crippen molar-refractivity contribution in [3.63, 3.8) is 0 Å². The fraction of sp³-hybridized carbons (Fsp3) is 0.222. The highest BCUT2D eigenvalue weighted by molar-refractivity contribution is 7.92. The lowest BCUT2D eigenvalue weighted by atomic mass is 10.0. The van der Waals surface area contributed by atoms with E-state index in [2.05, 4.69) is 0 Å². The molecule has 0 radical (unpaired) electrons. The van der Waals surface area contributed by atoms with E-state index in [-0.39, 0.29) is 4.90 Å². The van der Waals surface area contributed by atoms with Crippen LogP contribution >= 0.6 is 11.6 Å². The van der Waals surface area contributed by atoms with Crippen molar-refractivity contribution in [1.82, 2.24) is 0 Å². The van der Waals surface area contributed by atoms with E-state index in [1.807, 2.05) is 13.0 Å². The number of benzene rings is 2. The summed E-state index contributed by atoms with van der Waals surface area (Å²) in [5, 5.41) is 8.91. The molecule has 0 bridgehead atoms. The summed E-state index contributed by atoms with van der Waals surface area (Å²) in [6.07, 6.45) is 0.461. The van der Waals surface area contributed by atoms with E-state index in [0.717, 1.165) is 5.56 Å². The fourth-order valence-electron chi connectivity index (χ4n) is 3.11. The highest BCUT2D eigenvalue weighted by Crippen LogP contribution is 2.62. The Kier molecular flexibility index (Phi) is 3.98. The first-order chi connectivity index (χ1) is 11.4. The third-order valence-corrected chi connectivity index (χ3v) is 6.99. The van der Waals surface area contributed by atoms with Crippen LogP contribution in [0, 0.1) is 23.7 Å². The zero-order valence-electron chi connectivity index (χ0n) is 12.8. The maximum Gasteiger partial charge on any atom is 0.183 e. The minimum atomic E-state index is -3.81. The minimum absolute atomic E-state index is 0.121. The van der Waals surface area contributed by atoms with Gasteiger partial charge in [0.2, 0.25) is 0 Å². The standard InChI is InChI=1S/C18H14ClNO3S/c1-12-2-8-15(9-3-12)24(22,23)17-16(18(17,10-20)11-21)13-4-6-14(19)7-5-13/h2-9,11,16-17H,1H3/t16-,17-,18-/m0/s1. The Hall–Kier alpha value is -2.16. The van der Waals surface area contributed by atoms with E-state index in [9.17, 15) is 18.5 Å². The highest BCUT2D eigenvalue weighted by Gasteiger charge is 2.72. The van der Waals surface area contributed by atoms with Gasteiger partial charge in [-0.15, -0.1) is 0 Å². The van der Waals surface area contributed by atoms with Gasteiger partial charge in [0, 0.05) is 10.9 Å². The van der Waals surface area contributed by atoms with Crippen molar-refractivity contribution in [2.45, 2.75) is 23.0 Å². The summed E-state index contributed by atoms with van der Waals surface area (Å²) in [5.41, 5.74) is -0.00737. The average molecular weight is 360 g/mol. The zero-order chi connectivity index (χ0) is 17.5. The number of halogens is 1. The second-order valence-corrected chi connectivity index (χ2v) is 8.48. The quantitative estimate of drug-likeness (QED) is 0.785. The highest BCUT2D eigenvalue weighted by atomic mass is 35.5. The summed E-state index contributed by atoms with van der Waals surface area (Å²) < 4.78 is 25.9.